The molecule has 1 fully saturated rings. The quantitative estimate of drug-likeness (QED) is 0.727. The van der Waals surface area contributed by atoms with Crippen molar-refractivity contribution < 1.29 is 23.9 Å². The number of methoxy groups -OCH3 is 1. The van der Waals surface area contributed by atoms with Gasteiger partial charge in [-0.25, -0.2) is 9.59 Å². The molecule has 2 amide bonds. The van der Waals surface area contributed by atoms with Crippen molar-refractivity contribution >= 4 is 18.0 Å². The third kappa shape index (κ3) is 6.96. The number of esters is 1. The van der Waals surface area contributed by atoms with Gasteiger partial charge in [0.25, 0.3) is 0 Å². The van der Waals surface area contributed by atoms with Crippen LogP contribution in [-0.4, -0.2) is 48.2 Å². The van der Waals surface area contributed by atoms with Gasteiger partial charge in [0.15, 0.2) is 0 Å². The fourth-order valence-corrected chi connectivity index (χ4v) is 1.69. The second-order valence-corrected chi connectivity index (χ2v) is 5.47. The van der Waals surface area contributed by atoms with Crippen molar-refractivity contribution in [2.24, 2.45) is 5.73 Å². The number of amides is 2. The van der Waals surface area contributed by atoms with E-state index in [1.807, 2.05) is 0 Å². The number of primary amides is 1. The van der Waals surface area contributed by atoms with E-state index in [2.05, 4.69) is 10.5 Å². The molecule has 0 aliphatic carbocycles. The molecule has 0 aromatic rings. The van der Waals surface area contributed by atoms with E-state index in [1.54, 1.807) is 20.8 Å². The number of hydrogen-bond donors (Lipinski definition) is 1. The molecule has 0 aromatic heterocycles. The summed E-state index contributed by atoms with van der Waals surface area (Å²) in [6.07, 6.45) is 1.01. The van der Waals surface area contributed by atoms with E-state index >= 15 is 0 Å². The third-order valence-corrected chi connectivity index (χ3v) is 2.35. The SMILES string of the molecule is CC(N)=O.COC(=O)C1CCCN1C(=O)OC(C)(C)C. The number of hydrogen-bond acceptors (Lipinski definition) is 5. The highest BCUT2D eigenvalue weighted by atomic mass is 16.6. The molecule has 0 bridgehead atoms. The summed E-state index contributed by atoms with van der Waals surface area (Å²) in [6, 6.07) is -0.486. The first-order valence-corrected chi connectivity index (χ1v) is 6.42. The van der Waals surface area contributed by atoms with E-state index in [9.17, 15) is 14.4 Å². The van der Waals surface area contributed by atoms with E-state index in [0.717, 1.165) is 6.42 Å². The first kappa shape index (κ1) is 18.2. The van der Waals surface area contributed by atoms with Gasteiger partial charge in [0.05, 0.1) is 7.11 Å². The zero-order valence-electron chi connectivity index (χ0n) is 12.8. The normalized spacial score (nSPS) is 17.9. The van der Waals surface area contributed by atoms with Crippen LogP contribution in [0.2, 0.25) is 0 Å². The molecule has 1 aliphatic rings. The molecular weight excluding hydrogens is 264 g/mol. The molecule has 1 atom stereocenters. The van der Waals surface area contributed by atoms with Gasteiger partial charge < -0.3 is 15.2 Å². The van der Waals surface area contributed by atoms with Crippen LogP contribution in [0, 0.1) is 0 Å². The Balaban J connectivity index is 0.000000796. The van der Waals surface area contributed by atoms with Crippen LogP contribution in [0.15, 0.2) is 0 Å². The summed E-state index contributed by atoms with van der Waals surface area (Å²) in [5.41, 5.74) is 3.93. The molecule has 0 aromatic carbocycles. The van der Waals surface area contributed by atoms with Crippen molar-refractivity contribution in [1.29, 1.82) is 0 Å². The minimum absolute atomic E-state index is 0.333. The maximum Gasteiger partial charge on any atom is 0.411 e. The molecule has 1 heterocycles. The Labute approximate surface area is 119 Å². The molecule has 116 valence electrons. The van der Waals surface area contributed by atoms with Crippen LogP contribution < -0.4 is 5.73 Å². The Morgan fingerprint density at radius 2 is 1.75 bits per heavy atom. The summed E-state index contributed by atoms with van der Waals surface area (Å²) in [7, 11) is 1.33. The summed E-state index contributed by atoms with van der Waals surface area (Å²) < 4.78 is 9.88. The lowest BCUT2D eigenvalue weighted by Gasteiger charge is -2.27. The lowest BCUT2D eigenvalue weighted by Crippen LogP contribution is -2.43. The summed E-state index contributed by atoms with van der Waals surface area (Å²) in [5.74, 6) is -0.705. The van der Waals surface area contributed by atoms with Crippen LogP contribution in [0.1, 0.15) is 40.5 Å². The second-order valence-electron chi connectivity index (χ2n) is 5.47. The average molecular weight is 288 g/mol. The molecule has 1 saturated heterocycles. The smallest absolute Gasteiger partial charge is 0.411 e. The average Bonchev–Trinajstić information content (AvgIpc) is 2.73. The van der Waals surface area contributed by atoms with Gasteiger partial charge in [-0.2, -0.15) is 0 Å². The molecule has 7 heteroatoms. The summed E-state index contributed by atoms with van der Waals surface area (Å²) >= 11 is 0. The van der Waals surface area contributed by atoms with Gasteiger partial charge in [0.2, 0.25) is 5.91 Å². The number of carbonyl (C=O) groups is 3. The summed E-state index contributed by atoms with van der Waals surface area (Å²) in [4.78, 5) is 33.9. The van der Waals surface area contributed by atoms with E-state index in [-0.39, 0.29) is 11.9 Å². The molecular formula is C13H24N2O5. The fraction of sp³-hybridized carbons (Fsp3) is 0.769. The largest absolute Gasteiger partial charge is 0.467 e. The monoisotopic (exact) mass is 288 g/mol. The van der Waals surface area contributed by atoms with Crippen molar-refractivity contribution in [2.45, 2.75) is 52.2 Å². The topological polar surface area (TPSA) is 98.9 Å². The van der Waals surface area contributed by atoms with E-state index in [4.69, 9.17) is 4.74 Å². The zero-order chi connectivity index (χ0) is 15.9. The molecule has 7 nitrogen and oxygen atoms in total. The Morgan fingerprint density at radius 1 is 1.25 bits per heavy atom. The number of nitrogens with zero attached hydrogens (tertiary/aromatic N) is 1. The molecule has 2 N–H and O–H groups in total. The van der Waals surface area contributed by atoms with Crippen molar-refractivity contribution in [1.82, 2.24) is 4.90 Å². The Kier molecular flexibility index (Phi) is 7.02. The van der Waals surface area contributed by atoms with Gasteiger partial charge in [-0.15, -0.1) is 0 Å². The Morgan fingerprint density at radius 3 is 2.15 bits per heavy atom. The molecule has 1 unspecified atom stereocenters. The number of nitrogens with two attached hydrogens (primary N) is 1. The van der Waals surface area contributed by atoms with Crippen LogP contribution >= 0.6 is 0 Å². The highest BCUT2D eigenvalue weighted by Gasteiger charge is 2.37. The van der Waals surface area contributed by atoms with Crippen LogP contribution in [-0.2, 0) is 19.1 Å². The number of carbonyl (C=O) groups excluding carboxylic acids is 3. The lowest BCUT2D eigenvalue weighted by molar-refractivity contribution is -0.145. The van der Waals surface area contributed by atoms with Gasteiger partial charge in [-0.3, -0.25) is 9.69 Å². The first-order valence-electron chi connectivity index (χ1n) is 6.42. The Bertz CT molecular complexity index is 358. The Hall–Kier alpha value is -1.79. The van der Waals surface area contributed by atoms with Gasteiger partial charge in [-0.05, 0) is 33.6 Å². The number of likely N-dealkylation sites (tertiary alicyclic amines) is 1. The maximum atomic E-state index is 11.8. The molecule has 1 aliphatic heterocycles. The van der Waals surface area contributed by atoms with Crippen LogP contribution in [0.3, 0.4) is 0 Å². The predicted molar refractivity (Wildman–Crippen MR) is 72.8 cm³/mol. The fourth-order valence-electron chi connectivity index (χ4n) is 1.69. The van der Waals surface area contributed by atoms with Crippen LogP contribution in [0.5, 0.6) is 0 Å². The zero-order valence-corrected chi connectivity index (χ0v) is 12.8. The van der Waals surface area contributed by atoms with Gasteiger partial charge in [-0.1, -0.05) is 0 Å². The molecule has 20 heavy (non-hydrogen) atoms. The summed E-state index contributed by atoms with van der Waals surface area (Å²) in [6.45, 7) is 7.26. The highest BCUT2D eigenvalue weighted by Crippen LogP contribution is 2.21. The number of ether oxygens (including phenoxy) is 2. The highest BCUT2D eigenvalue weighted by molar-refractivity contribution is 5.82. The summed E-state index contributed by atoms with van der Waals surface area (Å²) in [5, 5.41) is 0. The minimum Gasteiger partial charge on any atom is -0.467 e. The molecule has 0 spiro atoms. The standard InChI is InChI=1S/C11H19NO4.C2H5NO/c1-11(2,3)16-10(14)12-7-5-6-8(12)9(13)15-4;1-2(3)4/h8H,5-7H2,1-4H3;1H3,(H2,3,4). The van der Waals surface area contributed by atoms with Gasteiger partial charge >= 0.3 is 12.1 Å². The minimum atomic E-state index is -0.541. The van der Waals surface area contributed by atoms with E-state index in [1.165, 1.54) is 18.9 Å². The molecule has 1 rings (SSSR count). The van der Waals surface area contributed by atoms with E-state index < -0.39 is 17.7 Å². The predicted octanol–water partition coefficient (Wildman–Crippen LogP) is 1.05. The molecule has 0 radical (unpaired) electrons. The van der Waals surface area contributed by atoms with Crippen molar-refractivity contribution in [2.75, 3.05) is 13.7 Å². The molecule has 0 saturated carbocycles. The van der Waals surface area contributed by atoms with Gasteiger partial charge in [0, 0.05) is 13.5 Å². The number of rotatable bonds is 1. The van der Waals surface area contributed by atoms with Crippen LogP contribution in [0.4, 0.5) is 4.79 Å². The van der Waals surface area contributed by atoms with Gasteiger partial charge in [0.1, 0.15) is 11.6 Å². The maximum absolute atomic E-state index is 11.8. The first-order chi connectivity index (χ1) is 9.08. The third-order valence-electron chi connectivity index (χ3n) is 2.35. The van der Waals surface area contributed by atoms with Crippen molar-refractivity contribution in [3.63, 3.8) is 0 Å². The second kappa shape index (κ2) is 7.72. The van der Waals surface area contributed by atoms with E-state index in [0.29, 0.717) is 13.0 Å². The van der Waals surface area contributed by atoms with Crippen molar-refractivity contribution in [3.8, 4) is 0 Å². The van der Waals surface area contributed by atoms with Crippen molar-refractivity contribution in [3.05, 3.63) is 0 Å². The van der Waals surface area contributed by atoms with Crippen LogP contribution in [0.25, 0.3) is 0 Å². The lowest BCUT2D eigenvalue weighted by atomic mass is 10.2.